The molecule has 1 aromatic carbocycles. The number of carbonyl (C=O) groups is 1. The molecule has 0 amide bonds. The van der Waals surface area contributed by atoms with Gasteiger partial charge in [-0.15, -0.1) is 11.3 Å². The van der Waals surface area contributed by atoms with E-state index >= 15 is 0 Å². The molecule has 0 aliphatic rings. The molecule has 0 fully saturated rings. The minimum atomic E-state index is -4.78. The number of esters is 1. The summed E-state index contributed by atoms with van der Waals surface area (Å²) in [5.41, 5.74) is -1.55. The van der Waals surface area contributed by atoms with Crippen LogP contribution in [0.1, 0.15) is 12.5 Å². The Balaban J connectivity index is 2.56. The van der Waals surface area contributed by atoms with E-state index in [0.717, 1.165) is 23.5 Å². The van der Waals surface area contributed by atoms with Gasteiger partial charge in [0.2, 0.25) is 0 Å². The average Bonchev–Trinajstić information content (AvgIpc) is 3.07. The molecule has 0 saturated carbocycles. The number of rotatable bonds is 6. The summed E-state index contributed by atoms with van der Waals surface area (Å²) in [5, 5.41) is 0.921. The molecule has 0 saturated heterocycles. The molecule has 0 aliphatic heterocycles. The van der Waals surface area contributed by atoms with Crippen molar-refractivity contribution in [1.29, 1.82) is 0 Å². The largest absolute Gasteiger partial charge is 0.465 e. The summed E-state index contributed by atoms with van der Waals surface area (Å²) in [4.78, 5) is 11.8. The van der Waals surface area contributed by atoms with Crippen LogP contribution in [0.4, 0.5) is 18.9 Å². The van der Waals surface area contributed by atoms with E-state index in [1.807, 2.05) is 0 Å². The Kier molecular flexibility index (Phi) is 6.20. The van der Waals surface area contributed by atoms with E-state index in [9.17, 15) is 26.4 Å². The molecule has 1 aromatic heterocycles. The molecule has 0 aliphatic carbocycles. The number of benzene rings is 1. The third-order valence-corrected chi connectivity index (χ3v) is 6.64. The summed E-state index contributed by atoms with van der Waals surface area (Å²) in [6.07, 6.45) is -4.78. The van der Waals surface area contributed by atoms with Gasteiger partial charge < -0.3 is 4.74 Å². The lowest BCUT2D eigenvalue weighted by atomic mass is 10.2. The zero-order chi connectivity index (χ0) is 19.5. The lowest BCUT2D eigenvalue weighted by Gasteiger charge is -2.24. The monoisotopic (exact) mass is 427 g/mol. The Morgan fingerprint density at radius 1 is 1.31 bits per heavy atom. The second kappa shape index (κ2) is 7.85. The van der Waals surface area contributed by atoms with E-state index < -0.39 is 39.3 Å². The van der Waals surface area contributed by atoms with E-state index in [0.29, 0.717) is 10.4 Å². The van der Waals surface area contributed by atoms with Crippen molar-refractivity contribution in [2.45, 2.75) is 17.3 Å². The van der Waals surface area contributed by atoms with Crippen LogP contribution in [0.25, 0.3) is 0 Å². The number of alkyl halides is 3. The first-order valence-electron chi connectivity index (χ1n) is 7.16. The summed E-state index contributed by atoms with van der Waals surface area (Å²) >= 11 is 6.45. The Labute approximate surface area is 157 Å². The van der Waals surface area contributed by atoms with Gasteiger partial charge in [-0.2, -0.15) is 13.2 Å². The number of thiophene rings is 1. The van der Waals surface area contributed by atoms with Crippen molar-refractivity contribution in [3.05, 3.63) is 46.3 Å². The fraction of sp³-hybridized carbons (Fsp3) is 0.267. The van der Waals surface area contributed by atoms with Crippen molar-refractivity contribution in [3.8, 4) is 0 Å². The minimum Gasteiger partial charge on any atom is -0.465 e. The first-order chi connectivity index (χ1) is 12.1. The number of ether oxygens (including phenoxy) is 1. The van der Waals surface area contributed by atoms with Gasteiger partial charge in [-0.1, -0.05) is 17.7 Å². The van der Waals surface area contributed by atoms with Gasteiger partial charge in [-0.05, 0) is 36.6 Å². The third-order valence-electron chi connectivity index (χ3n) is 3.16. The van der Waals surface area contributed by atoms with Crippen LogP contribution in [0.15, 0.2) is 39.9 Å². The zero-order valence-electron chi connectivity index (χ0n) is 13.3. The maximum atomic E-state index is 13.1. The van der Waals surface area contributed by atoms with Gasteiger partial charge in [-0.25, -0.2) is 8.42 Å². The number of hydrogen-bond acceptors (Lipinski definition) is 5. The topological polar surface area (TPSA) is 63.7 Å². The Bertz CT molecular complexity index is 883. The fourth-order valence-corrected chi connectivity index (χ4v) is 4.77. The van der Waals surface area contributed by atoms with Gasteiger partial charge in [0.25, 0.3) is 10.0 Å². The Morgan fingerprint density at radius 2 is 2.00 bits per heavy atom. The predicted octanol–water partition coefficient (Wildman–Crippen LogP) is 4.18. The summed E-state index contributed by atoms with van der Waals surface area (Å²) in [7, 11) is -4.26. The molecule has 142 valence electrons. The molecular formula is C15H13ClF3NO4S2. The van der Waals surface area contributed by atoms with Crippen molar-refractivity contribution in [2.75, 3.05) is 17.5 Å². The van der Waals surface area contributed by atoms with E-state index in [2.05, 4.69) is 0 Å². The minimum absolute atomic E-state index is 0.000141. The molecule has 2 aromatic rings. The van der Waals surface area contributed by atoms with Crippen LogP contribution in [-0.2, 0) is 25.7 Å². The van der Waals surface area contributed by atoms with Crippen molar-refractivity contribution in [2.24, 2.45) is 0 Å². The van der Waals surface area contributed by atoms with Gasteiger partial charge >= 0.3 is 12.1 Å². The maximum Gasteiger partial charge on any atom is 0.417 e. The molecule has 1 heterocycles. The maximum absolute atomic E-state index is 13.1. The molecule has 0 spiro atoms. The molecule has 11 heteroatoms. The lowest BCUT2D eigenvalue weighted by Crippen LogP contribution is -2.36. The second-order valence-corrected chi connectivity index (χ2v) is 8.35. The van der Waals surface area contributed by atoms with Gasteiger partial charge in [0.05, 0.1) is 22.9 Å². The average molecular weight is 428 g/mol. The van der Waals surface area contributed by atoms with E-state index in [1.54, 1.807) is 0 Å². The van der Waals surface area contributed by atoms with Crippen LogP contribution in [0, 0.1) is 0 Å². The number of anilines is 1. The van der Waals surface area contributed by atoms with Crippen LogP contribution >= 0.6 is 22.9 Å². The second-order valence-electron chi connectivity index (χ2n) is 4.91. The highest BCUT2D eigenvalue weighted by Gasteiger charge is 2.35. The zero-order valence-corrected chi connectivity index (χ0v) is 15.7. The standard InChI is InChI=1S/C15H13ClF3NO4S2/c1-2-24-13(21)9-20(26(22,23)14-4-3-7-25-14)10-5-6-12(16)11(8-10)15(17,18)19/h3-8H,2,9H2,1H3. The van der Waals surface area contributed by atoms with Crippen molar-refractivity contribution in [3.63, 3.8) is 0 Å². The molecular weight excluding hydrogens is 415 g/mol. The van der Waals surface area contributed by atoms with Crippen molar-refractivity contribution < 1.29 is 31.1 Å². The molecule has 5 nitrogen and oxygen atoms in total. The quantitative estimate of drug-likeness (QED) is 0.649. The van der Waals surface area contributed by atoms with Gasteiger partial charge in [0, 0.05) is 0 Å². The van der Waals surface area contributed by atoms with Crippen LogP contribution in [0.2, 0.25) is 5.02 Å². The van der Waals surface area contributed by atoms with Crippen LogP contribution in [0.5, 0.6) is 0 Å². The summed E-state index contributed by atoms with van der Waals surface area (Å²) in [5.74, 6) is -0.892. The summed E-state index contributed by atoms with van der Waals surface area (Å²) < 4.78 is 70.1. The Hall–Kier alpha value is -1.78. The molecule has 0 atom stereocenters. The fourth-order valence-electron chi connectivity index (χ4n) is 2.04. The first-order valence-corrected chi connectivity index (χ1v) is 9.85. The highest BCUT2D eigenvalue weighted by atomic mass is 35.5. The van der Waals surface area contributed by atoms with E-state index in [1.165, 1.54) is 24.4 Å². The van der Waals surface area contributed by atoms with Crippen LogP contribution in [-0.4, -0.2) is 27.5 Å². The third kappa shape index (κ3) is 4.49. The van der Waals surface area contributed by atoms with Gasteiger partial charge in [-0.3, -0.25) is 9.10 Å². The van der Waals surface area contributed by atoms with Crippen molar-refractivity contribution >= 4 is 44.6 Å². The summed E-state index contributed by atoms with van der Waals surface area (Å²) in [6, 6.07) is 5.39. The SMILES string of the molecule is CCOC(=O)CN(c1ccc(Cl)c(C(F)(F)F)c1)S(=O)(=O)c1cccs1. The highest BCUT2D eigenvalue weighted by Crippen LogP contribution is 2.38. The molecule has 2 rings (SSSR count). The normalized spacial score (nSPS) is 12.0. The lowest BCUT2D eigenvalue weighted by molar-refractivity contribution is -0.141. The van der Waals surface area contributed by atoms with E-state index in [4.69, 9.17) is 16.3 Å². The van der Waals surface area contributed by atoms with Crippen LogP contribution in [0.3, 0.4) is 0 Å². The number of nitrogens with zero attached hydrogens (tertiary/aromatic N) is 1. The van der Waals surface area contributed by atoms with Gasteiger partial charge in [0.1, 0.15) is 10.8 Å². The molecule has 0 unspecified atom stereocenters. The smallest absolute Gasteiger partial charge is 0.417 e. The number of carbonyl (C=O) groups excluding carboxylic acids is 1. The molecule has 26 heavy (non-hydrogen) atoms. The molecule has 0 radical (unpaired) electrons. The molecule has 0 bridgehead atoms. The Morgan fingerprint density at radius 3 is 2.54 bits per heavy atom. The molecule has 0 N–H and O–H groups in total. The summed E-state index contributed by atoms with van der Waals surface area (Å²) in [6.45, 7) is 0.757. The van der Waals surface area contributed by atoms with Crippen molar-refractivity contribution in [1.82, 2.24) is 0 Å². The van der Waals surface area contributed by atoms with Gasteiger partial charge in [0.15, 0.2) is 0 Å². The number of sulfonamides is 1. The highest BCUT2D eigenvalue weighted by molar-refractivity contribution is 7.94. The number of hydrogen-bond donors (Lipinski definition) is 0. The number of halogens is 4. The predicted molar refractivity (Wildman–Crippen MR) is 91.9 cm³/mol. The van der Waals surface area contributed by atoms with Crippen LogP contribution < -0.4 is 4.31 Å². The van der Waals surface area contributed by atoms with E-state index in [-0.39, 0.29) is 16.5 Å². The first kappa shape index (κ1) is 20.5.